The molecule has 0 unspecified atom stereocenters. The highest BCUT2D eigenvalue weighted by atomic mass is 16.5. The fourth-order valence-electron chi connectivity index (χ4n) is 1.32. The lowest BCUT2D eigenvalue weighted by Gasteiger charge is -2.09. The molecule has 0 saturated carbocycles. The van der Waals surface area contributed by atoms with Crippen molar-refractivity contribution in [2.45, 2.75) is 12.8 Å². The Hall–Kier alpha value is -1.71. The number of hydrogen-bond acceptors (Lipinski definition) is 3. The topological polar surface area (TPSA) is 55.8 Å². The van der Waals surface area contributed by atoms with E-state index in [1.807, 2.05) is 0 Å². The molecule has 1 rings (SSSR count). The lowest BCUT2D eigenvalue weighted by Crippen LogP contribution is -2.00. The van der Waals surface area contributed by atoms with Crippen LogP contribution in [0.2, 0.25) is 0 Å². The van der Waals surface area contributed by atoms with Crippen molar-refractivity contribution in [2.75, 3.05) is 14.2 Å². The summed E-state index contributed by atoms with van der Waals surface area (Å²) in [7, 11) is 3.13. The number of carboxylic acid groups (broad SMARTS) is 1. The Labute approximate surface area is 88.4 Å². The van der Waals surface area contributed by atoms with Gasteiger partial charge in [-0.1, -0.05) is 0 Å². The van der Waals surface area contributed by atoms with Gasteiger partial charge in [0.2, 0.25) is 0 Å². The molecule has 0 spiro atoms. The predicted molar refractivity (Wildman–Crippen MR) is 55.5 cm³/mol. The molecule has 0 aliphatic carbocycles. The fraction of sp³-hybridized carbons (Fsp3) is 0.364. The first-order chi connectivity index (χ1) is 7.17. The summed E-state index contributed by atoms with van der Waals surface area (Å²) in [6.45, 7) is 0. The minimum absolute atomic E-state index is 0.0868. The molecule has 0 radical (unpaired) electrons. The van der Waals surface area contributed by atoms with E-state index in [-0.39, 0.29) is 6.42 Å². The van der Waals surface area contributed by atoms with E-state index in [1.165, 1.54) is 0 Å². The number of aliphatic carboxylic acids is 1. The van der Waals surface area contributed by atoms with E-state index in [0.29, 0.717) is 17.9 Å². The quantitative estimate of drug-likeness (QED) is 0.804. The molecule has 4 nitrogen and oxygen atoms in total. The SMILES string of the molecule is COc1ccc(OC)c(CCC(=O)O)c1. The van der Waals surface area contributed by atoms with Gasteiger partial charge in [-0.05, 0) is 30.2 Å². The average Bonchev–Trinajstić information content (AvgIpc) is 2.25. The molecule has 1 aromatic rings. The summed E-state index contributed by atoms with van der Waals surface area (Å²) >= 11 is 0. The van der Waals surface area contributed by atoms with Gasteiger partial charge in [0.25, 0.3) is 0 Å². The highest BCUT2D eigenvalue weighted by Gasteiger charge is 2.06. The van der Waals surface area contributed by atoms with E-state index in [2.05, 4.69) is 0 Å². The second kappa shape index (κ2) is 5.24. The average molecular weight is 210 g/mol. The van der Waals surface area contributed by atoms with Crippen LogP contribution < -0.4 is 9.47 Å². The van der Waals surface area contributed by atoms with Crippen molar-refractivity contribution in [3.63, 3.8) is 0 Å². The van der Waals surface area contributed by atoms with Crippen molar-refractivity contribution in [2.24, 2.45) is 0 Å². The number of hydrogen-bond donors (Lipinski definition) is 1. The number of rotatable bonds is 5. The number of ether oxygens (including phenoxy) is 2. The van der Waals surface area contributed by atoms with Crippen LogP contribution in [0.4, 0.5) is 0 Å². The first-order valence-corrected chi connectivity index (χ1v) is 4.60. The van der Waals surface area contributed by atoms with Crippen molar-refractivity contribution < 1.29 is 19.4 Å². The summed E-state index contributed by atoms with van der Waals surface area (Å²) in [5.74, 6) is 0.577. The molecule has 0 saturated heterocycles. The van der Waals surface area contributed by atoms with Gasteiger partial charge in [0.05, 0.1) is 14.2 Å². The second-order valence-corrected chi connectivity index (χ2v) is 3.07. The molecule has 15 heavy (non-hydrogen) atoms. The van der Waals surface area contributed by atoms with E-state index in [0.717, 1.165) is 5.56 Å². The summed E-state index contributed by atoms with van der Waals surface area (Å²) in [6.07, 6.45) is 0.527. The minimum atomic E-state index is -0.820. The molecule has 1 N–H and O–H groups in total. The molecule has 82 valence electrons. The normalized spacial score (nSPS) is 9.73. The van der Waals surface area contributed by atoms with E-state index in [4.69, 9.17) is 14.6 Å². The van der Waals surface area contributed by atoms with Crippen LogP contribution in [0.5, 0.6) is 11.5 Å². The lowest BCUT2D eigenvalue weighted by atomic mass is 10.1. The van der Waals surface area contributed by atoms with Gasteiger partial charge in [-0.3, -0.25) is 4.79 Å². The highest BCUT2D eigenvalue weighted by molar-refractivity contribution is 5.67. The van der Waals surface area contributed by atoms with Crippen LogP contribution in [0, 0.1) is 0 Å². The predicted octanol–water partition coefficient (Wildman–Crippen LogP) is 1.72. The van der Waals surface area contributed by atoms with E-state index < -0.39 is 5.97 Å². The summed E-state index contributed by atoms with van der Waals surface area (Å²) in [6, 6.07) is 5.35. The van der Waals surface area contributed by atoms with Crippen molar-refractivity contribution in [3.05, 3.63) is 23.8 Å². The van der Waals surface area contributed by atoms with Crippen LogP contribution in [-0.2, 0) is 11.2 Å². The molecule has 0 aliphatic heterocycles. The zero-order valence-electron chi connectivity index (χ0n) is 8.82. The van der Waals surface area contributed by atoms with E-state index in [1.54, 1.807) is 32.4 Å². The second-order valence-electron chi connectivity index (χ2n) is 3.07. The van der Waals surface area contributed by atoms with Crippen LogP contribution in [0.3, 0.4) is 0 Å². The van der Waals surface area contributed by atoms with Gasteiger partial charge in [0.15, 0.2) is 0 Å². The molecule has 0 bridgehead atoms. The van der Waals surface area contributed by atoms with Crippen molar-refractivity contribution >= 4 is 5.97 Å². The third kappa shape index (κ3) is 3.16. The van der Waals surface area contributed by atoms with Crippen LogP contribution in [0.25, 0.3) is 0 Å². The number of benzene rings is 1. The van der Waals surface area contributed by atoms with Crippen LogP contribution in [-0.4, -0.2) is 25.3 Å². The lowest BCUT2D eigenvalue weighted by molar-refractivity contribution is -0.136. The summed E-state index contributed by atoms with van der Waals surface area (Å²) in [4.78, 5) is 10.5. The number of methoxy groups -OCH3 is 2. The fourth-order valence-corrected chi connectivity index (χ4v) is 1.32. The first kappa shape index (κ1) is 11.4. The highest BCUT2D eigenvalue weighted by Crippen LogP contribution is 2.24. The zero-order chi connectivity index (χ0) is 11.3. The van der Waals surface area contributed by atoms with Crippen LogP contribution in [0.1, 0.15) is 12.0 Å². The third-order valence-corrected chi connectivity index (χ3v) is 2.10. The zero-order valence-corrected chi connectivity index (χ0v) is 8.82. The largest absolute Gasteiger partial charge is 0.497 e. The molecule has 4 heteroatoms. The van der Waals surface area contributed by atoms with Crippen LogP contribution >= 0.6 is 0 Å². The Morgan fingerprint density at radius 3 is 2.60 bits per heavy atom. The molecule has 0 amide bonds. The van der Waals surface area contributed by atoms with E-state index in [9.17, 15) is 4.79 Å². The summed E-state index contributed by atoms with van der Waals surface area (Å²) < 4.78 is 10.2. The third-order valence-electron chi connectivity index (χ3n) is 2.10. The van der Waals surface area contributed by atoms with Crippen LogP contribution in [0.15, 0.2) is 18.2 Å². The van der Waals surface area contributed by atoms with Crippen molar-refractivity contribution in [3.8, 4) is 11.5 Å². The Balaban J connectivity index is 2.85. The number of carbonyl (C=O) groups is 1. The Bertz CT molecular complexity index is 346. The maximum Gasteiger partial charge on any atom is 0.303 e. The molecule has 0 aromatic heterocycles. The van der Waals surface area contributed by atoms with Gasteiger partial charge < -0.3 is 14.6 Å². The Kier molecular flexibility index (Phi) is 3.97. The Morgan fingerprint density at radius 1 is 1.33 bits per heavy atom. The summed E-state index contributed by atoms with van der Waals surface area (Å²) in [5.41, 5.74) is 0.847. The molecular weight excluding hydrogens is 196 g/mol. The molecule has 0 atom stereocenters. The standard InChI is InChI=1S/C11H14O4/c1-14-9-4-5-10(15-2)8(7-9)3-6-11(12)13/h4-5,7H,3,6H2,1-2H3,(H,12,13). The molecule has 0 aliphatic rings. The van der Waals surface area contributed by atoms with Gasteiger partial charge in [0, 0.05) is 6.42 Å². The van der Waals surface area contributed by atoms with Gasteiger partial charge in [0.1, 0.15) is 11.5 Å². The Morgan fingerprint density at radius 2 is 2.07 bits per heavy atom. The molecular formula is C11H14O4. The van der Waals surface area contributed by atoms with Gasteiger partial charge in [-0.15, -0.1) is 0 Å². The monoisotopic (exact) mass is 210 g/mol. The number of aryl methyl sites for hydroxylation is 1. The molecule has 1 aromatic carbocycles. The van der Waals surface area contributed by atoms with E-state index >= 15 is 0 Å². The maximum absolute atomic E-state index is 10.5. The van der Waals surface area contributed by atoms with Gasteiger partial charge >= 0.3 is 5.97 Å². The molecule has 0 fully saturated rings. The van der Waals surface area contributed by atoms with Gasteiger partial charge in [-0.2, -0.15) is 0 Å². The van der Waals surface area contributed by atoms with Crippen molar-refractivity contribution in [1.82, 2.24) is 0 Å². The summed E-state index contributed by atoms with van der Waals surface area (Å²) in [5, 5.41) is 8.59. The smallest absolute Gasteiger partial charge is 0.303 e. The molecule has 0 heterocycles. The van der Waals surface area contributed by atoms with Crippen molar-refractivity contribution in [1.29, 1.82) is 0 Å². The maximum atomic E-state index is 10.5. The minimum Gasteiger partial charge on any atom is -0.497 e. The van der Waals surface area contributed by atoms with Gasteiger partial charge in [-0.25, -0.2) is 0 Å². The number of carboxylic acids is 1. The first-order valence-electron chi connectivity index (χ1n) is 4.60.